The fourth-order valence-electron chi connectivity index (χ4n) is 3.98. The molecule has 1 aliphatic heterocycles. The van der Waals surface area contributed by atoms with Gasteiger partial charge in [-0.3, -0.25) is 0 Å². The maximum absolute atomic E-state index is 13.1. The van der Waals surface area contributed by atoms with E-state index in [0.29, 0.717) is 38.5 Å². The topological polar surface area (TPSA) is 82.3 Å². The van der Waals surface area contributed by atoms with Gasteiger partial charge in [-0.15, -0.1) is 0 Å². The molecule has 1 fully saturated rings. The lowest BCUT2D eigenvalue weighted by molar-refractivity contribution is -0.137. The molecule has 0 atom stereocenters. The molecule has 0 radical (unpaired) electrons. The van der Waals surface area contributed by atoms with Crippen LogP contribution >= 0.6 is 23.5 Å². The first-order chi connectivity index (χ1) is 18.7. The van der Waals surface area contributed by atoms with E-state index in [-0.39, 0.29) is 11.0 Å². The number of piperazine rings is 1. The zero-order chi connectivity index (χ0) is 27.8. The normalized spacial score (nSPS) is 14.4. The summed E-state index contributed by atoms with van der Waals surface area (Å²) in [7, 11) is 0. The molecule has 3 aromatic rings. The van der Waals surface area contributed by atoms with E-state index in [2.05, 4.69) is 43.6 Å². The SMILES string of the molecule is C=C(Nc1ccc(SN2CCN(c3cc(C(F)(F)F)cc(Cl)n3)CC2)cn1)c1ccc(CNCCCN)cc1. The standard InChI is InChI=1S/C27H31ClF3N7S/c1-19(21-5-3-20(4-6-21)17-33-10-2-9-32)35-25-8-7-23(18-34-25)39-38-13-11-37(12-14-38)26-16-22(27(29,30)31)15-24(28)36-26/h3-8,15-16,18,33H,1-2,9-14,17,32H2,(H,34,35). The Hall–Kier alpha value is -2.83. The van der Waals surface area contributed by atoms with Crippen molar-refractivity contribution >= 4 is 40.9 Å². The molecule has 4 N–H and O–H groups in total. The minimum absolute atomic E-state index is 0.164. The van der Waals surface area contributed by atoms with Crippen LogP contribution in [0.25, 0.3) is 5.70 Å². The zero-order valence-electron chi connectivity index (χ0n) is 21.3. The quantitative estimate of drug-likeness (QED) is 0.157. The van der Waals surface area contributed by atoms with E-state index in [4.69, 9.17) is 17.3 Å². The molecule has 0 aliphatic carbocycles. The second-order valence-corrected chi connectivity index (χ2v) is 10.6. The second-order valence-electron chi connectivity index (χ2n) is 9.04. The van der Waals surface area contributed by atoms with Crippen molar-refractivity contribution in [3.8, 4) is 0 Å². The number of nitrogens with two attached hydrogens (primary N) is 1. The van der Waals surface area contributed by atoms with E-state index in [9.17, 15) is 13.2 Å². The Morgan fingerprint density at radius 3 is 2.46 bits per heavy atom. The zero-order valence-corrected chi connectivity index (χ0v) is 22.9. The van der Waals surface area contributed by atoms with Gasteiger partial charge >= 0.3 is 6.18 Å². The molecule has 2 aromatic heterocycles. The highest BCUT2D eigenvalue weighted by atomic mass is 35.5. The predicted octanol–water partition coefficient (Wildman–Crippen LogP) is 5.50. The largest absolute Gasteiger partial charge is 0.416 e. The van der Waals surface area contributed by atoms with Crippen LogP contribution < -0.4 is 21.3 Å². The summed E-state index contributed by atoms with van der Waals surface area (Å²) in [6.45, 7) is 8.88. The molecule has 1 saturated heterocycles. The summed E-state index contributed by atoms with van der Waals surface area (Å²) in [4.78, 5) is 11.4. The number of hydrogen-bond donors (Lipinski definition) is 3. The van der Waals surface area contributed by atoms with Crippen molar-refractivity contribution in [2.45, 2.75) is 24.0 Å². The Balaban J connectivity index is 1.25. The summed E-state index contributed by atoms with van der Waals surface area (Å²) in [5.74, 6) is 0.930. The van der Waals surface area contributed by atoms with Crippen LogP contribution in [-0.4, -0.2) is 53.5 Å². The Bertz CT molecular complexity index is 1230. The smallest absolute Gasteiger partial charge is 0.354 e. The van der Waals surface area contributed by atoms with Gasteiger partial charge in [-0.2, -0.15) is 13.2 Å². The molecule has 208 valence electrons. The number of alkyl halides is 3. The van der Waals surface area contributed by atoms with E-state index in [1.54, 1.807) is 18.1 Å². The highest BCUT2D eigenvalue weighted by molar-refractivity contribution is 7.97. The van der Waals surface area contributed by atoms with E-state index in [0.717, 1.165) is 47.8 Å². The molecule has 0 spiro atoms. The van der Waals surface area contributed by atoms with E-state index in [1.807, 2.05) is 29.2 Å². The van der Waals surface area contributed by atoms with Gasteiger partial charge in [-0.1, -0.05) is 42.4 Å². The molecule has 12 heteroatoms. The lowest BCUT2D eigenvalue weighted by Crippen LogP contribution is -2.43. The highest BCUT2D eigenvalue weighted by Gasteiger charge is 2.32. The summed E-state index contributed by atoms with van der Waals surface area (Å²) in [6.07, 6.45) is -1.72. The number of aromatic nitrogens is 2. The number of pyridine rings is 2. The van der Waals surface area contributed by atoms with Crippen LogP contribution in [0, 0.1) is 0 Å². The van der Waals surface area contributed by atoms with Crippen molar-refractivity contribution in [3.63, 3.8) is 0 Å². The molecule has 0 amide bonds. The number of nitrogens with zero attached hydrogens (tertiary/aromatic N) is 4. The van der Waals surface area contributed by atoms with Gasteiger partial charge in [0.05, 0.1) is 5.56 Å². The van der Waals surface area contributed by atoms with E-state index in [1.165, 1.54) is 5.56 Å². The first kappa shape index (κ1) is 29.2. The number of benzene rings is 1. The predicted molar refractivity (Wildman–Crippen MR) is 153 cm³/mol. The average molecular weight is 578 g/mol. The van der Waals surface area contributed by atoms with Gasteiger partial charge in [0.1, 0.15) is 16.8 Å². The fraction of sp³-hybridized carbons (Fsp3) is 0.333. The van der Waals surface area contributed by atoms with Gasteiger partial charge in [0.15, 0.2) is 0 Å². The third-order valence-corrected chi connectivity index (χ3v) is 7.38. The van der Waals surface area contributed by atoms with Crippen molar-refractivity contribution in [2.24, 2.45) is 5.73 Å². The van der Waals surface area contributed by atoms with Crippen molar-refractivity contribution < 1.29 is 13.2 Å². The average Bonchev–Trinajstić information content (AvgIpc) is 2.92. The monoisotopic (exact) mass is 577 g/mol. The van der Waals surface area contributed by atoms with Crippen LogP contribution in [0.5, 0.6) is 0 Å². The summed E-state index contributed by atoms with van der Waals surface area (Å²) in [5.41, 5.74) is 7.65. The molecule has 0 saturated carbocycles. The minimum atomic E-state index is -4.47. The molecular formula is C27H31ClF3N7S. The first-order valence-corrected chi connectivity index (χ1v) is 13.7. The van der Waals surface area contributed by atoms with Crippen molar-refractivity contribution in [2.75, 3.05) is 49.5 Å². The van der Waals surface area contributed by atoms with Crippen LogP contribution in [0.4, 0.5) is 24.8 Å². The van der Waals surface area contributed by atoms with Gasteiger partial charge in [-0.25, -0.2) is 14.3 Å². The van der Waals surface area contributed by atoms with Crippen LogP contribution in [-0.2, 0) is 12.7 Å². The third kappa shape index (κ3) is 8.58. The second kappa shape index (κ2) is 13.5. The van der Waals surface area contributed by atoms with Crippen molar-refractivity contribution in [1.82, 2.24) is 19.6 Å². The minimum Gasteiger partial charge on any atom is -0.354 e. The van der Waals surface area contributed by atoms with Crippen LogP contribution in [0.15, 0.2) is 66.2 Å². The molecule has 1 aliphatic rings. The van der Waals surface area contributed by atoms with Crippen LogP contribution in [0.2, 0.25) is 5.15 Å². The first-order valence-electron chi connectivity index (χ1n) is 12.6. The summed E-state index contributed by atoms with van der Waals surface area (Å²) < 4.78 is 41.6. The lowest BCUT2D eigenvalue weighted by atomic mass is 10.1. The maximum atomic E-state index is 13.1. The summed E-state index contributed by atoms with van der Waals surface area (Å²) in [6, 6.07) is 14.0. The number of rotatable bonds is 11. The van der Waals surface area contributed by atoms with Crippen molar-refractivity contribution in [1.29, 1.82) is 0 Å². The summed E-state index contributed by atoms with van der Waals surface area (Å²) in [5, 5.41) is 6.45. The van der Waals surface area contributed by atoms with Crippen LogP contribution in [0.3, 0.4) is 0 Å². The van der Waals surface area contributed by atoms with Gasteiger partial charge < -0.3 is 21.3 Å². The van der Waals surface area contributed by atoms with Gasteiger partial charge in [0.2, 0.25) is 0 Å². The van der Waals surface area contributed by atoms with Crippen LogP contribution in [0.1, 0.15) is 23.1 Å². The third-order valence-electron chi connectivity index (χ3n) is 6.11. The molecular weight excluding hydrogens is 547 g/mol. The van der Waals surface area contributed by atoms with Gasteiger partial charge in [0.25, 0.3) is 0 Å². The van der Waals surface area contributed by atoms with E-state index < -0.39 is 11.7 Å². The number of halogens is 4. The lowest BCUT2D eigenvalue weighted by Gasteiger charge is -2.34. The molecule has 0 unspecified atom stereocenters. The van der Waals surface area contributed by atoms with E-state index >= 15 is 0 Å². The Kier molecular flexibility index (Phi) is 10.1. The molecule has 3 heterocycles. The maximum Gasteiger partial charge on any atom is 0.416 e. The van der Waals surface area contributed by atoms with Gasteiger partial charge in [0, 0.05) is 49.5 Å². The number of anilines is 2. The molecule has 0 bridgehead atoms. The molecule has 7 nitrogen and oxygen atoms in total. The molecule has 4 rings (SSSR count). The Labute approximate surface area is 235 Å². The highest BCUT2D eigenvalue weighted by Crippen LogP contribution is 2.33. The fourth-order valence-corrected chi connectivity index (χ4v) is 5.06. The van der Waals surface area contributed by atoms with Crippen molar-refractivity contribution in [3.05, 3.63) is 83.2 Å². The molecule has 1 aromatic carbocycles. The number of nitrogens with one attached hydrogen (secondary N) is 2. The number of hydrogen-bond acceptors (Lipinski definition) is 8. The Morgan fingerprint density at radius 2 is 1.82 bits per heavy atom. The summed E-state index contributed by atoms with van der Waals surface area (Å²) >= 11 is 7.41. The molecule has 39 heavy (non-hydrogen) atoms. The Morgan fingerprint density at radius 1 is 1.08 bits per heavy atom. The van der Waals surface area contributed by atoms with Gasteiger partial charge in [-0.05, 0) is 66.9 Å².